The Balaban J connectivity index is 1.81. The summed E-state index contributed by atoms with van der Waals surface area (Å²) in [5.74, 6) is -1.74. The van der Waals surface area contributed by atoms with Gasteiger partial charge in [-0.15, -0.1) is 0 Å². The van der Waals surface area contributed by atoms with Crippen LogP contribution < -0.4 is 11.5 Å². The summed E-state index contributed by atoms with van der Waals surface area (Å²) in [7, 11) is 0. The van der Waals surface area contributed by atoms with Gasteiger partial charge < -0.3 is 11.5 Å². The molecule has 4 rings (SSSR count). The lowest BCUT2D eigenvalue weighted by molar-refractivity contribution is -0.132. The molecule has 2 aromatic heterocycles. The summed E-state index contributed by atoms with van der Waals surface area (Å²) in [6.07, 6.45) is 5.88. The summed E-state index contributed by atoms with van der Waals surface area (Å²) < 4.78 is 3.10. The number of hydrogen-bond acceptors (Lipinski definition) is 6. The highest BCUT2D eigenvalue weighted by molar-refractivity contribution is 6.13. The zero-order valence-electron chi connectivity index (χ0n) is 15.1. The van der Waals surface area contributed by atoms with Crippen molar-refractivity contribution in [2.45, 2.75) is 5.41 Å². The molecule has 0 aliphatic carbocycles. The number of amides is 2. The molecule has 10 nitrogen and oxygen atoms in total. The molecular formula is C19H16N8O2. The SMILES string of the molecule is NC(=O)C(C(N)=O)(c1ccc(-n2cncn2)cc1)c1ccc(-n2cncn2)cc1. The van der Waals surface area contributed by atoms with Crippen LogP contribution in [0.25, 0.3) is 11.4 Å². The van der Waals surface area contributed by atoms with E-state index in [2.05, 4.69) is 20.2 Å². The maximum atomic E-state index is 12.6. The van der Waals surface area contributed by atoms with Gasteiger partial charge in [0.05, 0.1) is 11.4 Å². The fraction of sp³-hybridized carbons (Fsp3) is 0.0526. The zero-order chi connectivity index (χ0) is 20.4. The first kappa shape index (κ1) is 18.0. The molecule has 0 saturated heterocycles. The molecule has 0 saturated carbocycles. The number of carbonyl (C=O) groups is 2. The number of nitrogens with zero attached hydrogens (tertiary/aromatic N) is 6. The van der Waals surface area contributed by atoms with Gasteiger partial charge in [0.15, 0.2) is 5.41 Å². The lowest BCUT2D eigenvalue weighted by atomic mass is 9.73. The van der Waals surface area contributed by atoms with E-state index < -0.39 is 17.2 Å². The average molecular weight is 388 g/mol. The van der Waals surface area contributed by atoms with Gasteiger partial charge in [0, 0.05) is 0 Å². The number of hydrogen-bond donors (Lipinski definition) is 2. The minimum Gasteiger partial charge on any atom is -0.368 e. The Kier molecular flexibility index (Phi) is 4.36. The van der Waals surface area contributed by atoms with Gasteiger partial charge in [-0.2, -0.15) is 10.2 Å². The summed E-state index contributed by atoms with van der Waals surface area (Å²) in [4.78, 5) is 32.9. The third-order valence-electron chi connectivity index (χ3n) is 4.71. The molecule has 29 heavy (non-hydrogen) atoms. The quantitative estimate of drug-likeness (QED) is 0.448. The van der Waals surface area contributed by atoms with Gasteiger partial charge in [-0.1, -0.05) is 24.3 Å². The Morgan fingerprint density at radius 2 is 1.07 bits per heavy atom. The molecule has 10 heteroatoms. The lowest BCUT2D eigenvalue weighted by Crippen LogP contribution is -2.52. The zero-order valence-corrected chi connectivity index (χ0v) is 15.1. The number of primary amides is 2. The second kappa shape index (κ2) is 7.00. The highest BCUT2D eigenvalue weighted by atomic mass is 16.2. The maximum absolute atomic E-state index is 12.6. The summed E-state index contributed by atoms with van der Waals surface area (Å²) in [6.45, 7) is 0. The Morgan fingerprint density at radius 3 is 1.34 bits per heavy atom. The predicted octanol–water partition coefficient (Wildman–Crippen LogP) is 0.105. The molecule has 144 valence electrons. The van der Waals surface area contributed by atoms with Crippen molar-refractivity contribution in [3.8, 4) is 11.4 Å². The monoisotopic (exact) mass is 388 g/mol. The van der Waals surface area contributed by atoms with Crippen molar-refractivity contribution in [2.24, 2.45) is 11.5 Å². The van der Waals surface area contributed by atoms with Crippen LogP contribution in [0, 0.1) is 0 Å². The van der Waals surface area contributed by atoms with Crippen LogP contribution in [-0.2, 0) is 15.0 Å². The largest absolute Gasteiger partial charge is 0.368 e. The molecule has 0 radical (unpaired) electrons. The topological polar surface area (TPSA) is 148 Å². The first-order chi connectivity index (χ1) is 14.0. The summed E-state index contributed by atoms with van der Waals surface area (Å²) in [5.41, 5.74) is 11.7. The second-order valence-corrected chi connectivity index (χ2v) is 6.25. The number of nitrogens with two attached hydrogens (primary N) is 2. The van der Waals surface area contributed by atoms with Gasteiger partial charge >= 0.3 is 0 Å². The molecule has 2 amide bonds. The molecular weight excluding hydrogens is 372 g/mol. The van der Waals surface area contributed by atoms with Gasteiger partial charge in [-0.3, -0.25) is 9.59 Å². The van der Waals surface area contributed by atoms with Crippen LogP contribution in [0.3, 0.4) is 0 Å². The molecule has 0 unspecified atom stereocenters. The Labute approximate surface area is 164 Å². The van der Waals surface area contributed by atoms with Crippen molar-refractivity contribution in [1.82, 2.24) is 29.5 Å². The molecule has 0 spiro atoms. The highest BCUT2D eigenvalue weighted by Crippen LogP contribution is 2.33. The van der Waals surface area contributed by atoms with E-state index >= 15 is 0 Å². The summed E-state index contributed by atoms with van der Waals surface area (Å²) >= 11 is 0. The third kappa shape index (κ3) is 2.92. The van der Waals surface area contributed by atoms with Gasteiger partial charge in [0.1, 0.15) is 25.3 Å². The first-order valence-corrected chi connectivity index (χ1v) is 8.54. The van der Waals surface area contributed by atoms with Gasteiger partial charge in [-0.05, 0) is 35.4 Å². The second-order valence-electron chi connectivity index (χ2n) is 6.25. The van der Waals surface area contributed by atoms with E-state index in [1.165, 1.54) is 25.3 Å². The molecule has 2 heterocycles. The van der Waals surface area contributed by atoms with Crippen LogP contribution in [0.1, 0.15) is 11.1 Å². The molecule has 0 aliphatic rings. The molecule has 0 atom stereocenters. The predicted molar refractivity (Wildman–Crippen MR) is 102 cm³/mol. The minimum atomic E-state index is -1.83. The van der Waals surface area contributed by atoms with E-state index in [1.54, 1.807) is 57.9 Å². The van der Waals surface area contributed by atoms with Gasteiger partial charge in [0.25, 0.3) is 0 Å². The molecule has 4 aromatic rings. The van der Waals surface area contributed by atoms with E-state index in [1.807, 2.05) is 0 Å². The Morgan fingerprint density at radius 1 is 0.690 bits per heavy atom. The van der Waals surface area contributed by atoms with Crippen molar-refractivity contribution in [3.63, 3.8) is 0 Å². The lowest BCUT2D eigenvalue weighted by Gasteiger charge is -2.28. The number of rotatable bonds is 6. The van der Waals surface area contributed by atoms with Crippen LogP contribution in [-0.4, -0.2) is 41.3 Å². The van der Waals surface area contributed by atoms with Crippen molar-refractivity contribution in [3.05, 3.63) is 85.0 Å². The van der Waals surface area contributed by atoms with E-state index in [-0.39, 0.29) is 0 Å². The average Bonchev–Trinajstić information content (AvgIpc) is 3.43. The van der Waals surface area contributed by atoms with E-state index in [4.69, 9.17) is 11.5 Å². The van der Waals surface area contributed by atoms with Crippen molar-refractivity contribution in [1.29, 1.82) is 0 Å². The van der Waals surface area contributed by atoms with Gasteiger partial charge in [-0.25, -0.2) is 19.3 Å². The van der Waals surface area contributed by atoms with Crippen LogP contribution >= 0.6 is 0 Å². The van der Waals surface area contributed by atoms with Gasteiger partial charge in [0.2, 0.25) is 11.8 Å². The first-order valence-electron chi connectivity index (χ1n) is 8.54. The molecule has 2 aromatic carbocycles. The molecule has 0 fully saturated rings. The van der Waals surface area contributed by atoms with Crippen LogP contribution in [0.2, 0.25) is 0 Å². The molecule has 0 aliphatic heterocycles. The fourth-order valence-corrected chi connectivity index (χ4v) is 3.27. The third-order valence-corrected chi connectivity index (χ3v) is 4.71. The standard InChI is InChI=1S/C19H16N8O2/c20-17(28)19(18(21)29,13-1-5-15(6-2-13)26-11-22-9-24-26)14-3-7-16(8-4-14)27-12-23-10-25-27/h1-12H,(H2,20,28)(H2,21,29). The molecule has 4 N–H and O–H groups in total. The fourth-order valence-electron chi connectivity index (χ4n) is 3.27. The number of benzene rings is 2. The normalized spacial score (nSPS) is 11.3. The van der Waals surface area contributed by atoms with Crippen molar-refractivity contribution < 1.29 is 9.59 Å². The maximum Gasteiger partial charge on any atom is 0.242 e. The Bertz CT molecular complexity index is 1040. The summed E-state index contributed by atoms with van der Waals surface area (Å²) in [5, 5.41) is 8.10. The van der Waals surface area contributed by atoms with Crippen LogP contribution in [0.15, 0.2) is 73.8 Å². The van der Waals surface area contributed by atoms with Crippen molar-refractivity contribution in [2.75, 3.05) is 0 Å². The van der Waals surface area contributed by atoms with E-state index in [0.29, 0.717) is 22.5 Å². The van der Waals surface area contributed by atoms with E-state index in [9.17, 15) is 9.59 Å². The minimum absolute atomic E-state index is 0.356. The molecule has 0 bridgehead atoms. The van der Waals surface area contributed by atoms with Crippen LogP contribution in [0.5, 0.6) is 0 Å². The number of carbonyl (C=O) groups excluding carboxylic acids is 2. The van der Waals surface area contributed by atoms with Crippen molar-refractivity contribution >= 4 is 11.8 Å². The number of aromatic nitrogens is 6. The Hall–Kier alpha value is -4.34. The highest BCUT2D eigenvalue weighted by Gasteiger charge is 2.46. The van der Waals surface area contributed by atoms with Crippen LogP contribution in [0.4, 0.5) is 0 Å². The smallest absolute Gasteiger partial charge is 0.242 e. The van der Waals surface area contributed by atoms with E-state index in [0.717, 1.165) is 0 Å². The summed E-state index contributed by atoms with van der Waals surface area (Å²) in [6, 6.07) is 13.3.